The molecule has 130 valence electrons. The zero-order valence-corrected chi connectivity index (χ0v) is 14.5. The van der Waals surface area contributed by atoms with Crippen LogP contribution < -0.4 is 16.6 Å². The Morgan fingerprint density at radius 3 is 2.54 bits per heavy atom. The molecule has 0 spiro atoms. The molecule has 0 aliphatic carbocycles. The molecule has 6 heteroatoms. The van der Waals surface area contributed by atoms with Crippen LogP contribution in [0, 0.1) is 5.92 Å². The Morgan fingerprint density at radius 2 is 1.88 bits per heavy atom. The Balaban J connectivity index is 2.49. The zero-order valence-electron chi connectivity index (χ0n) is 14.5. The van der Waals surface area contributed by atoms with E-state index in [1.54, 1.807) is 24.3 Å². The van der Waals surface area contributed by atoms with E-state index in [4.69, 9.17) is 0 Å². The average molecular weight is 331 g/mol. The van der Waals surface area contributed by atoms with E-state index in [0.29, 0.717) is 24.0 Å². The highest BCUT2D eigenvalue weighted by Gasteiger charge is 2.15. The number of amides is 1. The second-order valence-corrected chi connectivity index (χ2v) is 6.40. The van der Waals surface area contributed by atoms with Gasteiger partial charge in [0.2, 0.25) is 5.91 Å². The predicted octanol–water partition coefficient (Wildman–Crippen LogP) is 1.74. The summed E-state index contributed by atoms with van der Waals surface area (Å²) < 4.78 is 2.62. The fourth-order valence-electron chi connectivity index (χ4n) is 2.65. The second kappa shape index (κ2) is 7.95. The van der Waals surface area contributed by atoms with Gasteiger partial charge in [-0.15, -0.1) is 0 Å². The first-order valence-electron chi connectivity index (χ1n) is 8.44. The van der Waals surface area contributed by atoms with Crippen LogP contribution in [0.1, 0.15) is 33.6 Å². The van der Waals surface area contributed by atoms with Gasteiger partial charge in [-0.05, 0) is 24.5 Å². The van der Waals surface area contributed by atoms with E-state index >= 15 is 0 Å². The highest BCUT2D eigenvalue weighted by atomic mass is 16.2. The molecule has 0 unspecified atom stereocenters. The number of fused-ring (bicyclic) bond motifs is 1. The first kappa shape index (κ1) is 18.0. The number of nitrogens with one attached hydrogen (secondary N) is 1. The maximum Gasteiger partial charge on any atom is 0.331 e. The van der Waals surface area contributed by atoms with E-state index < -0.39 is 5.69 Å². The maximum absolute atomic E-state index is 12.8. The summed E-state index contributed by atoms with van der Waals surface area (Å²) in [6.45, 7) is 6.78. The van der Waals surface area contributed by atoms with Gasteiger partial charge in [0, 0.05) is 13.1 Å². The summed E-state index contributed by atoms with van der Waals surface area (Å²) in [4.78, 5) is 37.5. The molecule has 1 aromatic heterocycles. The second-order valence-electron chi connectivity index (χ2n) is 6.40. The lowest BCUT2D eigenvalue weighted by atomic mass is 10.2. The minimum absolute atomic E-state index is 0.0819. The van der Waals surface area contributed by atoms with Crippen LogP contribution in [0.2, 0.25) is 0 Å². The lowest BCUT2D eigenvalue weighted by molar-refractivity contribution is -0.121. The molecule has 0 fully saturated rings. The molecule has 0 aliphatic rings. The Kier molecular flexibility index (Phi) is 5.95. The molecule has 2 aromatic rings. The molecule has 1 heterocycles. The van der Waals surface area contributed by atoms with Crippen molar-refractivity contribution in [1.82, 2.24) is 14.5 Å². The molecular weight excluding hydrogens is 306 g/mol. The predicted molar refractivity (Wildman–Crippen MR) is 95.2 cm³/mol. The van der Waals surface area contributed by atoms with Crippen LogP contribution in [0.3, 0.4) is 0 Å². The van der Waals surface area contributed by atoms with Crippen LogP contribution in [0.25, 0.3) is 10.9 Å². The van der Waals surface area contributed by atoms with Crippen molar-refractivity contribution >= 4 is 16.8 Å². The van der Waals surface area contributed by atoms with Gasteiger partial charge < -0.3 is 5.32 Å². The van der Waals surface area contributed by atoms with Crippen molar-refractivity contribution in [1.29, 1.82) is 0 Å². The van der Waals surface area contributed by atoms with Gasteiger partial charge in [-0.3, -0.25) is 18.7 Å². The summed E-state index contributed by atoms with van der Waals surface area (Å²) in [5, 5.41) is 3.27. The summed E-state index contributed by atoms with van der Waals surface area (Å²) in [7, 11) is 0. The standard InChI is InChI=1S/C18H25N3O3/c1-4-5-10-19-16(22)12-20-15-9-7-6-8-14(15)17(23)21(18(20)24)11-13(2)3/h6-9,13H,4-5,10-12H2,1-3H3,(H,19,22). The highest BCUT2D eigenvalue weighted by molar-refractivity contribution is 5.81. The summed E-state index contributed by atoms with van der Waals surface area (Å²) in [5.41, 5.74) is -0.233. The molecule has 0 bridgehead atoms. The van der Waals surface area contributed by atoms with Crippen LogP contribution >= 0.6 is 0 Å². The summed E-state index contributed by atoms with van der Waals surface area (Å²) in [6, 6.07) is 6.93. The molecule has 0 saturated heterocycles. The van der Waals surface area contributed by atoms with Gasteiger partial charge in [0.25, 0.3) is 5.56 Å². The Bertz CT molecular complexity index is 833. The minimum Gasteiger partial charge on any atom is -0.355 e. The van der Waals surface area contributed by atoms with E-state index in [2.05, 4.69) is 5.32 Å². The maximum atomic E-state index is 12.8. The first-order valence-corrected chi connectivity index (χ1v) is 8.44. The van der Waals surface area contributed by atoms with E-state index in [1.807, 2.05) is 20.8 Å². The summed E-state index contributed by atoms with van der Waals surface area (Å²) in [6.07, 6.45) is 1.89. The van der Waals surface area contributed by atoms with Crippen LogP contribution in [0.15, 0.2) is 33.9 Å². The number of para-hydroxylation sites is 1. The van der Waals surface area contributed by atoms with Crippen molar-refractivity contribution in [2.24, 2.45) is 5.92 Å². The highest BCUT2D eigenvalue weighted by Crippen LogP contribution is 2.08. The van der Waals surface area contributed by atoms with Crippen molar-refractivity contribution in [2.45, 2.75) is 46.7 Å². The third-order valence-corrected chi connectivity index (χ3v) is 3.83. The third-order valence-electron chi connectivity index (χ3n) is 3.83. The number of carbonyl (C=O) groups is 1. The fourth-order valence-corrected chi connectivity index (χ4v) is 2.65. The van der Waals surface area contributed by atoms with E-state index in [0.717, 1.165) is 12.8 Å². The zero-order chi connectivity index (χ0) is 17.7. The number of carbonyl (C=O) groups excluding carboxylic acids is 1. The molecule has 0 radical (unpaired) electrons. The molecule has 1 amide bonds. The van der Waals surface area contributed by atoms with E-state index in [9.17, 15) is 14.4 Å². The van der Waals surface area contributed by atoms with Gasteiger partial charge in [-0.25, -0.2) is 4.79 Å². The normalized spacial score (nSPS) is 11.2. The molecule has 1 aromatic carbocycles. The molecule has 1 N–H and O–H groups in total. The van der Waals surface area contributed by atoms with E-state index in [1.165, 1.54) is 9.13 Å². The lowest BCUT2D eigenvalue weighted by Gasteiger charge is -2.15. The monoisotopic (exact) mass is 331 g/mol. The lowest BCUT2D eigenvalue weighted by Crippen LogP contribution is -2.43. The van der Waals surface area contributed by atoms with Crippen LogP contribution in [-0.4, -0.2) is 21.6 Å². The summed E-state index contributed by atoms with van der Waals surface area (Å²) in [5.74, 6) is -0.0613. The number of hydrogen-bond acceptors (Lipinski definition) is 3. The number of nitrogens with zero attached hydrogens (tertiary/aromatic N) is 2. The fraction of sp³-hybridized carbons (Fsp3) is 0.500. The van der Waals surface area contributed by atoms with E-state index in [-0.39, 0.29) is 23.9 Å². The van der Waals surface area contributed by atoms with Crippen molar-refractivity contribution in [2.75, 3.05) is 6.54 Å². The van der Waals surface area contributed by atoms with Crippen LogP contribution in [0.4, 0.5) is 0 Å². The topological polar surface area (TPSA) is 73.1 Å². The minimum atomic E-state index is -0.432. The Morgan fingerprint density at radius 1 is 1.17 bits per heavy atom. The van der Waals surface area contributed by atoms with Crippen molar-refractivity contribution in [3.8, 4) is 0 Å². The SMILES string of the molecule is CCCCNC(=O)Cn1c(=O)n(CC(C)C)c(=O)c2ccccc21. The van der Waals surface area contributed by atoms with Crippen LogP contribution in [0.5, 0.6) is 0 Å². The first-order chi connectivity index (χ1) is 11.5. The number of rotatable bonds is 7. The molecular formula is C18H25N3O3. The smallest absolute Gasteiger partial charge is 0.331 e. The van der Waals surface area contributed by atoms with Gasteiger partial charge in [0.05, 0.1) is 10.9 Å². The molecule has 24 heavy (non-hydrogen) atoms. The molecule has 0 atom stereocenters. The Labute approximate surface area is 141 Å². The number of benzene rings is 1. The van der Waals surface area contributed by atoms with Gasteiger partial charge in [0.1, 0.15) is 6.54 Å². The third kappa shape index (κ3) is 3.93. The van der Waals surface area contributed by atoms with Crippen molar-refractivity contribution < 1.29 is 4.79 Å². The average Bonchev–Trinajstić information content (AvgIpc) is 2.55. The summed E-state index contributed by atoms with van der Waals surface area (Å²) >= 11 is 0. The van der Waals surface area contributed by atoms with Gasteiger partial charge in [-0.2, -0.15) is 0 Å². The van der Waals surface area contributed by atoms with Crippen molar-refractivity contribution in [3.63, 3.8) is 0 Å². The quantitative estimate of drug-likeness (QED) is 0.785. The largest absolute Gasteiger partial charge is 0.355 e. The van der Waals surface area contributed by atoms with Gasteiger partial charge >= 0.3 is 5.69 Å². The number of unbranched alkanes of at least 4 members (excludes halogenated alkanes) is 1. The number of hydrogen-bond donors (Lipinski definition) is 1. The molecule has 0 aliphatic heterocycles. The molecule has 6 nitrogen and oxygen atoms in total. The van der Waals surface area contributed by atoms with Crippen LogP contribution in [-0.2, 0) is 17.9 Å². The van der Waals surface area contributed by atoms with Gasteiger partial charge in [0.15, 0.2) is 0 Å². The number of aromatic nitrogens is 2. The van der Waals surface area contributed by atoms with Gasteiger partial charge in [-0.1, -0.05) is 39.3 Å². The molecule has 0 saturated carbocycles. The van der Waals surface area contributed by atoms with Crippen molar-refractivity contribution in [3.05, 3.63) is 45.1 Å². The Hall–Kier alpha value is -2.37. The molecule has 2 rings (SSSR count).